The fourth-order valence-corrected chi connectivity index (χ4v) is 2.67. The van der Waals surface area contributed by atoms with E-state index in [9.17, 15) is 35.5 Å². The predicted octanol–water partition coefficient (Wildman–Crippen LogP) is 5.87. The number of halogens is 7. The van der Waals surface area contributed by atoms with Crippen molar-refractivity contribution in [3.8, 4) is 16.9 Å². The quantitative estimate of drug-likeness (QED) is 0.511. The zero-order valence-electron chi connectivity index (χ0n) is 15.5. The molecule has 3 aromatic rings. The minimum Gasteiger partial charge on any atom is -0.403 e. The van der Waals surface area contributed by atoms with Crippen molar-refractivity contribution in [2.24, 2.45) is 7.05 Å². The van der Waals surface area contributed by atoms with Crippen LogP contribution in [0, 0.1) is 5.95 Å². The molecule has 1 heterocycles. The number of aromatic nitrogens is 2. The summed E-state index contributed by atoms with van der Waals surface area (Å²) in [4.78, 5) is 12.1. The summed E-state index contributed by atoms with van der Waals surface area (Å²) in [6.45, 7) is 0. The number of hydrogen-bond donors (Lipinski definition) is 1. The van der Waals surface area contributed by atoms with Crippen LogP contribution < -0.4 is 10.1 Å². The Balaban J connectivity index is 1.86. The van der Waals surface area contributed by atoms with Gasteiger partial charge in [-0.3, -0.25) is 5.32 Å². The first kappa shape index (κ1) is 22.1. The van der Waals surface area contributed by atoms with E-state index in [-0.39, 0.29) is 21.5 Å². The Morgan fingerprint density at radius 3 is 2.16 bits per heavy atom. The predicted molar refractivity (Wildman–Crippen MR) is 94.7 cm³/mol. The Bertz CT molecular complexity index is 1100. The van der Waals surface area contributed by atoms with Crippen molar-refractivity contribution < 1.29 is 40.3 Å². The molecule has 5 nitrogen and oxygen atoms in total. The summed E-state index contributed by atoms with van der Waals surface area (Å²) in [6, 6.07) is 9.81. The van der Waals surface area contributed by atoms with Crippen molar-refractivity contribution >= 4 is 11.8 Å². The van der Waals surface area contributed by atoms with Gasteiger partial charge in [0.1, 0.15) is 0 Å². The first-order valence-corrected chi connectivity index (χ1v) is 8.43. The lowest BCUT2D eigenvalue weighted by Gasteiger charge is -2.13. The number of alkyl halides is 6. The largest absolute Gasteiger partial charge is 0.439 e. The highest BCUT2D eigenvalue weighted by Gasteiger charge is 2.41. The standard InChI is InChI=1S/C19H12F7N3O2/c1-29-16(20)14(15(28-29)19(24,25)26)31-17(30)27-13-5-3-2-4-12(13)10-6-8-11(9-7-10)18(21,22)23/h2-9H,1H3,(H,27,30). The first-order valence-electron chi connectivity index (χ1n) is 8.43. The lowest BCUT2D eigenvalue weighted by atomic mass is 10.0. The maximum absolute atomic E-state index is 13.9. The number of rotatable bonds is 3. The molecule has 12 heteroatoms. The molecule has 0 radical (unpaired) electrons. The zero-order chi connectivity index (χ0) is 23.0. The second-order valence-corrected chi connectivity index (χ2v) is 6.23. The van der Waals surface area contributed by atoms with Crippen LogP contribution in [0.5, 0.6) is 5.75 Å². The minimum atomic E-state index is -5.07. The van der Waals surface area contributed by atoms with Gasteiger partial charge in [0.15, 0.2) is 0 Å². The summed E-state index contributed by atoms with van der Waals surface area (Å²) in [5.41, 5.74) is -2.04. The van der Waals surface area contributed by atoms with Gasteiger partial charge in [-0.05, 0) is 23.8 Å². The summed E-state index contributed by atoms with van der Waals surface area (Å²) >= 11 is 0. The molecule has 0 atom stereocenters. The summed E-state index contributed by atoms with van der Waals surface area (Å²) < 4.78 is 95.9. The highest BCUT2D eigenvalue weighted by molar-refractivity contribution is 5.92. The van der Waals surface area contributed by atoms with Crippen LogP contribution in [0.1, 0.15) is 11.3 Å². The van der Waals surface area contributed by atoms with Crippen LogP contribution in [-0.2, 0) is 19.4 Å². The fraction of sp³-hybridized carbons (Fsp3) is 0.158. The second-order valence-electron chi connectivity index (χ2n) is 6.23. The van der Waals surface area contributed by atoms with Crippen LogP contribution in [0.4, 0.5) is 41.2 Å². The van der Waals surface area contributed by atoms with Crippen molar-refractivity contribution in [1.82, 2.24) is 9.78 Å². The van der Waals surface area contributed by atoms with Crippen molar-refractivity contribution in [2.75, 3.05) is 5.32 Å². The molecule has 3 rings (SSSR count). The molecule has 0 spiro atoms. The van der Waals surface area contributed by atoms with Crippen LogP contribution >= 0.6 is 0 Å². The normalized spacial score (nSPS) is 12.0. The minimum absolute atomic E-state index is 0.0186. The Labute approximate surface area is 170 Å². The number of anilines is 1. The molecule has 0 unspecified atom stereocenters. The molecule has 0 saturated heterocycles. The number of carbonyl (C=O) groups is 1. The Hall–Kier alpha value is -3.57. The highest BCUT2D eigenvalue weighted by Crippen LogP contribution is 2.37. The van der Waals surface area contributed by atoms with E-state index in [1.807, 2.05) is 0 Å². The van der Waals surface area contributed by atoms with E-state index in [1.165, 1.54) is 24.3 Å². The van der Waals surface area contributed by atoms with Gasteiger partial charge < -0.3 is 4.74 Å². The van der Waals surface area contributed by atoms with Gasteiger partial charge in [-0.2, -0.15) is 35.8 Å². The second kappa shape index (κ2) is 7.93. The molecule has 0 aliphatic heterocycles. The van der Waals surface area contributed by atoms with Crippen molar-refractivity contribution in [3.05, 3.63) is 65.7 Å². The fourth-order valence-electron chi connectivity index (χ4n) is 2.67. The summed E-state index contributed by atoms with van der Waals surface area (Å²) in [5, 5.41) is 5.12. The van der Waals surface area contributed by atoms with Crippen LogP contribution in [0.2, 0.25) is 0 Å². The molecule has 1 aromatic heterocycles. The Morgan fingerprint density at radius 2 is 1.58 bits per heavy atom. The van der Waals surface area contributed by atoms with E-state index in [2.05, 4.69) is 15.2 Å². The van der Waals surface area contributed by atoms with E-state index in [0.717, 1.165) is 31.3 Å². The molecular weight excluding hydrogens is 435 g/mol. The zero-order valence-corrected chi connectivity index (χ0v) is 15.5. The van der Waals surface area contributed by atoms with Gasteiger partial charge in [-0.15, -0.1) is 0 Å². The van der Waals surface area contributed by atoms with Crippen molar-refractivity contribution in [1.29, 1.82) is 0 Å². The molecule has 0 aliphatic rings. The van der Waals surface area contributed by atoms with Crippen LogP contribution in [0.3, 0.4) is 0 Å². The van der Waals surface area contributed by atoms with Crippen LogP contribution in [0.25, 0.3) is 11.1 Å². The number of benzene rings is 2. The highest BCUT2D eigenvalue weighted by atomic mass is 19.4. The lowest BCUT2D eigenvalue weighted by Crippen LogP contribution is -2.19. The number of para-hydroxylation sites is 1. The van der Waals surface area contributed by atoms with E-state index < -0.39 is 41.4 Å². The molecule has 0 saturated carbocycles. The van der Waals surface area contributed by atoms with E-state index in [4.69, 9.17) is 0 Å². The maximum Gasteiger partial charge on any atom is 0.439 e. The van der Waals surface area contributed by atoms with Crippen molar-refractivity contribution in [3.63, 3.8) is 0 Å². The third-order valence-corrected chi connectivity index (χ3v) is 4.09. The van der Waals surface area contributed by atoms with Gasteiger partial charge in [0, 0.05) is 12.6 Å². The van der Waals surface area contributed by atoms with Gasteiger partial charge in [0.2, 0.25) is 11.4 Å². The summed E-state index contributed by atoms with van der Waals surface area (Å²) in [6.07, 6.45) is -11.1. The number of aryl methyl sites for hydroxylation is 1. The number of nitrogens with zero attached hydrogens (tertiary/aromatic N) is 2. The average molecular weight is 447 g/mol. The number of amides is 1. The van der Waals surface area contributed by atoms with E-state index in [1.54, 1.807) is 0 Å². The molecule has 164 valence electrons. The van der Waals surface area contributed by atoms with Gasteiger partial charge >= 0.3 is 18.4 Å². The number of hydrogen-bond acceptors (Lipinski definition) is 3. The SMILES string of the molecule is Cn1nc(C(F)(F)F)c(OC(=O)Nc2ccccc2-c2ccc(C(F)(F)F)cc2)c1F. The summed E-state index contributed by atoms with van der Waals surface area (Å²) in [7, 11) is 0.898. The topological polar surface area (TPSA) is 56.2 Å². The number of carbonyl (C=O) groups excluding carboxylic acids is 1. The van der Waals surface area contributed by atoms with Crippen molar-refractivity contribution in [2.45, 2.75) is 12.4 Å². The monoisotopic (exact) mass is 447 g/mol. The first-order chi connectivity index (χ1) is 14.4. The van der Waals surface area contributed by atoms with Gasteiger partial charge in [-0.1, -0.05) is 30.3 Å². The van der Waals surface area contributed by atoms with Crippen LogP contribution in [0.15, 0.2) is 48.5 Å². The van der Waals surface area contributed by atoms with E-state index >= 15 is 0 Å². The molecule has 31 heavy (non-hydrogen) atoms. The molecule has 0 aliphatic carbocycles. The number of nitrogens with one attached hydrogen (secondary N) is 1. The van der Waals surface area contributed by atoms with Gasteiger partial charge in [-0.25, -0.2) is 9.48 Å². The third-order valence-electron chi connectivity index (χ3n) is 4.09. The van der Waals surface area contributed by atoms with Crippen LogP contribution in [-0.4, -0.2) is 15.9 Å². The van der Waals surface area contributed by atoms with E-state index in [0.29, 0.717) is 0 Å². The molecule has 1 N–H and O–H groups in total. The molecule has 1 amide bonds. The lowest BCUT2D eigenvalue weighted by molar-refractivity contribution is -0.142. The third kappa shape index (κ3) is 4.78. The molecule has 2 aromatic carbocycles. The van der Waals surface area contributed by atoms with Gasteiger partial charge in [0.05, 0.1) is 11.3 Å². The average Bonchev–Trinajstić information content (AvgIpc) is 2.96. The summed E-state index contributed by atoms with van der Waals surface area (Å²) in [5.74, 6) is -2.92. The van der Waals surface area contributed by atoms with Gasteiger partial charge in [0.25, 0.3) is 5.95 Å². The molecule has 0 fully saturated rings. The Kier molecular flexibility index (Phi) is 5.66. The smallest absolute Gasteiger partial charge is 0.403 e. The molecule has 0 bridgehead atoms. The number of ether oxygens (including phenoxy) is 1. The molecular formula is C19H12F7N3O2. The maximum atomic E-state index is 13.9. The Morgan fingerprint density at radius 1 is 0.968 bits per heavy atom.